The quantitative estimate of drug-likeness (QED) is 0.875. The van der Waals surface area contributed by atoms with Gasteiger partial charge in [-0.2, -0.15) is 5.26 Å². The fraction of sp³-hybridized carbons (Fsp3) is 0.0833. The molecule has 0 amide bonds. The summed E-state index contributed by atoms with van der Waals surface area (Å²) in [6.07, 6.45) is 2.41. The number of rotatable bonds is 4. The zero-order chi connectivity index (χ0) is 14.6. The Morgan fingerprint density at radius 3 is 2.55 bits per heavy atom. The Morgan fingerprint density at radius 2 is 1.95 bits per heavy atom. The first kappa shape index (κ1) is 13.8. The standard InChI is InChI=1S/C12H11N5O2S/c1-14-12-15-7-11(8-16-12)20(18,19)17-10-4-2-3-9(5-10)6-13/h2-5,7-8,17H,1H3,(H,14,15,16). The highest BCUT2D eigenvalue weighted by Gasteiger charge is 2.15. The molecule has 0 saturated carbocycles. The lowest BCUT2D eigenvalue weighted by molar-refractivity contribution is 0.600. The third kappa shape index (κ3) is 3.02. The van der Waals surface area contributed by atoms with Gasteiger partial charge in [0.2, 0.25) is 5.95 Å². The SMILES string of the molecule is CNc1ncc(S(=O)(=O)Nc2cccc(C#N)c2)cn1. The van der Waals surface area contributed by atoms with E-state index in [9.17, 15) is 8.42 Å². The van der Waals surface area contributed by atoms with Crippen LogP contribution in [0.2, 0.25) is 0 Å². The van der Waals surface area contributed by atoms with E-state index in [-0.39, 0.29) is 4.90 Å². The van der Waals surface area contributed by atoms with Crippen LogP contribution >= 0.6 is 0 Å². The minimum absolute atomic E-state index is 0.0566. The number of aromatic nitrogens is 2. The fourth-order valence-electron chi connectivity index (χ4n) is 1.45. The summed E-state index contributed by atoms with van der Waals surface area (Å²) in [5, 5.41) is 11.5. The summed E-state index contributed by atoms with van der Waals surface area (Å²) >= 11 is 0. The van der Waals surface area contributed by atoms with E-state index in [0.717, 1.165) is 0 Å². The maximum absolute atomic E-state index is 12.1. The van der Waals surface area contributed by atoms with Crippen LogP contribution in [0.5, 0.6) is 0 Å². The maximum atomic E-state index is 12.1. The van der Waals surface area contributed by atoms with Crippen LogP contribution in [0.4, 0.5) is 11.6 Å². The first-order chi connectivity index (χ1) is 9.55. The molecule has 0 aliphatic carbocycles. The summed E-state index contributed by atoms with van der Waals surface area (Å²) < 4.78 is 26.6. The number of hydrogen-bond acceptors (Lipinski definition) is 6. The van der Waals surface area contributed by atoms with Gasteiger partial charge < -0.3 is 5.32 Å². The van der Waals surface area contributed by atoms with Crippen molar-refractivity contribution in [1.82, 2.24) is 9.97 Å². The average molecular weight is 289 g/mol. The Bertz CT molecular complexity index is 750. The average Bonchev–Trinajstić information content (AvgIpc) is 2.47. The Kier molecular flexibility index (Phi) is 3.81. The lowest BCUT2D eigenvalue weighted by Crippen LogP contribution is -2.14. The number of nitrogens with zero attached hydrogens (tertiary/aromatic N) is 3. The summed E-state index contributed by atoms with van der Waals surface area (Å²) in [6, 6.07) is 8.12. The minimum Gasteiger partial charge on any atom is -0.357 e. The summed E-state index contributed by atoms with van der Waals surface area (Å²) in [5.74, 6) is 0.329. The van der Waals surface area contributed by atoms with Crippen molar-refractivity contribution in [3.63, 3.8) is 0 Å². The van der Waals surface area contributed by atoms with Crippen LogP contribution in [0.1, 0.15) is 5.56 Å². The van der Waals surface area contributed by atoms with Gasteiger partial charge in [-0.3, -0.25) is 4.72 Å². The highest BCUT2D eigenvalue weighted by molar-refractivity contribution is 7.92. The van der Waals surface area contributed by atoms with Gasteiger partial charge in [0.15, 0.2) is 0 Å². The molecule has 7 nitrogen and oxygen atoms in total. The van der Waals surface area contributed by atoms with Crippen molar-refractivity contribution in [2.75, 3.05) is 17.1 Å². The molecule has 0 saturated heterocycles. The van der Waals surface area contributed by atoms with Crippen molar-refractivity contribution in [2.24, 2.45) is 0 Å². The zero-order valence-corrected chi connectivity index (χ0v) is 11.3. The van der Waals surface area contributed by atoms with Gasteiger partial charge in [-0.25, -0.2) is 18.4 Å². The number of nitrogens with one attached hydrogen (secondary N) is 2. The molecule has 0 atom stereocenters. The van der Waals surface area contributed by atoms with Gasteiger partial charge in [0.1, 0.15) is 4.90 Å². The summed E-state index contributed by atoms with van der Waals surface area (Å²) in [7, 11) is -2.14. The second kappa shape index (κ2) is 5.54. The molecular formula is C12H11N5O2S. The van der Waals surface area contributed by atoms with Crippen LogP contribution in [0.25, 0.3) is 0 Å². The largest absolute Gasteiger partial charge is 0.357 e. The molecule has 0 bridgehead atoms. The molecule has 20 heavy (non-hydrogen) atoms. The van der Waals surface area contributed by atoms with Crippen LogP contribution in [0.15, 0.2) is 41.6 Å². The maximum Gasteiger partial charge on any atom is 0.264 e. The molecule has 1 heterocycles. The number of anilines is 2. The molecule has 2 N–H and O–H groups in total. The Morgan fingerprint density at radius 1 is 1.25 bits per heavy atom. The van der Waals surface area contributed by atoms with Gasteiger partial charge in [0.05, 0.1) is 29.7 Å². The molecule has 1 aromatic carbocycles. The number of nitriles is 1. The summed E-state index contributed by atoms with van der Waals surface area (Å²) in [4.78, 5) is 7.63. The normalized spacial score (nSPS) is 10.6. The Balaban J connectivity index is 2.28. The van der Waals surface area contributed by atoms with Crippen molar-refractivity contribution in [2.45, 2.75) is 4.90 Å². The molecule has 0 unspecified atom stereocenters. The second-order valence-corrected chi connectivity index (χ2v) is 5.47. The molecule has 0 fully saturated rings. The summed E-state index contributed by atoms with van der Waals surface area (Å²) in [5.41, 5.74) is 0.675. The molecule has 0 aliphatic heterocycles. The number of sulfonamides is 1. The van der Waals surface area contributed by atoms with Crippen molar-refractivity contribution >= 4 is 21.7 Å². The van der Waals surface area contributed by atoms with Gasteiger partial charge in [0, 0.05) is 7.05 Å². The lowest BCUT2D eigenvalue weighted by Gasteiger charge is -2.08. The van der Waals surface area contributed by atoms with E-state index < -0.39 is 10.0 Å². The van der Waals surface area contributed by atoms with Crippen molar-refractivity contribution in [3.8, 4) is 6.07 Å². The van der Waals surface area contributed by atoms with E-state index >= 15 is 0 Å². The van der Waals surface area contributed by atoms with Crippen LogP contribution < -0.4 is 10.0 Å². The monoisotopic (exact) mass is 289 g/mol. The predicted molar refractivity (Wildman–Crippen MR) is 73.5 cm³/mol. The van der Waals surface area contributed by atoms with Crippen molar-refractivity contribution < 1.29 is 8.42 Å². The predicted octanol–water partition coefficient (Wildman–Crippen LogP) is 1.19. The van der Waals surface area contributed by atoms with Gasteiger partial charge in [0.25, 0.3) is 10.0 Å². The number of benzene rings is 1. The van der Waals surface area contributed by atoms with Gasteiger partial charge in [-0.15, -0.1) is 0 Å². The fourth-order valence-corrected chi connectivity index (χ4v) is 2.39. The third-order valence-electron chi connectivity index (χ3n) is 2.41. The van der Waals surface area contributed by atoms with E-state index in [1.165, 1.54) is 18.5 Å². The van der Waals surface area contributed by atoms with Crippen molar-refractivity contribution in [3.05, 3.63) is 42.2 Å². The van der Waals surface area contributed by atoms with Crippen LogP contribution in [-0.4, -0.2) is 25.4 Å². The number of hydrogen-bond donors (Lipinski definition) is 2. The zero-order valence-electron chi connectivity index (χ0n) is 10.5. The first-order valence-corrected chi connectivity index (χ1v) is 7.06. The van der Waals surface area contributed by atoms with Gasteiger partial charge >= 0.3 is 0 Å². The van der Waals surface area contributed by atoms with Crippen LogP contribution in [0, 0.1) is 11.3 Å². The molecule has 1 aromatic heterocycles. The van der Waals surface area contributed by atoms with Gasteiger partial charge in [-0.05, 0) is 18.2 Å². The second-order valence-electron chi connectivity index (χ2n) is 3.79. The summed E-state index contributed by atoms with van der Waals surface area (Å²) in [6.45, 7) is 0. The minimum atomic E-state index is -3.78. The molecule has 2 aromatic rings. The molecule has 2 rings (SSSR count). The lowest BCUT2D eigenvalue weighted by atomic mass is 10.2. The van der Waals surface area contributed by atoms with Crippen LogP contribution in [0.3, 0.4) is 0 Å². The van der Waals surface area contributed by atoms with Crippen LogP contribution in [-0.2, 0) is 10.0 Å². The van der Waals surface area contributed by atoms with E-state index in [4.69, 9.17) is 5.26 Å². The van der Waals surface area contributed by atoms with E-state index in [0.29, 0.717) is 17.2 Å². The van der Waals surface area contributed by atoms with E-state index in [2.05, 4.69) is 20.0 Å². The molecule has 0 radical (unpaired) electrons. The molecule has 8 heteroatoms. The molecule has 102 valence electrons. The third-order valence-corrected chi connectivity index (χ3v) is 3.74. The Hall–Kier alpha value is -2.66. The first-order valence-electron chi connectivity index (χ1n) is 5.58. The Labute approximate surface area is 116 Å². The van der Waals surface area contributed by atoms with Gasteiger partial charge in [-0.1, -0.05) is 6.07 Å². The smallest absolute Gasteiger partial charge is 0.264 e. The highest BCUT2D eigenvalue weighted by atomic mass is 32.2. The van der Waals surface area contributed by atoms with E-state index in [1.807, 2.05) is 6.07 Å². The molecular weight excluding hydrogens is 278 g/mol. The molecule has 0 spiro atoms. The topological polar surface area (TPSA) is 108 Å². The van der Waals surface area contributed by atoms with E-state index in [1.54, 1.807) is 25.2 Å². The van der Waals surface area contributed by atoms with Crippen molar-refractivity contribution in [1.29, 1.82) is 5.26 Å². The highest BCUT2D eigenvalue weighted by Crippen LogP contribution is 2.16. The molecule has 0 aliphatic rings.